The molecule has 1 aliphatic rings. The Labute approximate surface area is 150 Å². The monoisotopic (exact) mass is 368 g/mol. The summed E-state index contributed by atoms with van der Waals surface area (Å²) in [5, 5.41) is 2.92. The number of amides is 1. The van der Waals surface area contributed by atoms with Gasteiger partial charge in [0.25, 0.3) is 0 Å². The molecule has 0 radical (unpaired) electrons. The van der Waals surface area contributed by atoms with Crippen LogP contribution in [0.5, 0.6) is 0 Å². The lowest BCUT2D eigenvalue weighted by Crippen LogP contribution is -2.45. The van der Waals surface area contributed by atoms with Gasteiger partial charge < -0.3 is 10.1 Å². The third-order valence-electron chi connectivity index (χ3n) is 4.62. The molecule has 0 bridgehead atoms. The van der Waals surface area contributed by atoms with E-state index >= 15 is 0 Å². The van der Waals surface area contributed by atoms with Crippen molar-refractivity contribution in [2.24, 2.45) is 5.92 Å². The van der Waals surface area contributed by atoms with Crippen LogP contribution in [0.25, 0.3) is 0 Å². The second-order valence-electron chi connectivity index (χ2n) is 6.72. The summed E-state index contributed by atoms with van der Waals surface area (Å²) in [6.07, 6.45) is 1.11. The van der Waals surface area contributed by atoms with E-state index in [2.05, 4.69) is 5.32 Å². The largest absolute Gasteiger partial charge is 0.383 e. The maximum absolute atomic E-state index is 12.7. The van der Waals surface area contributed by atoms with Crippen LogP contribution in [0, 0.1) is 12.8 Å². The van der Waals surface area contributed by atoms with E-state index in [-0.39, 0.29) is 23.6 Å². The van der Waals surface area contributed by atoms with E-state index in [0.717, 1.165) is 11.1 Å². The number of hydrogen-bond donors (Lipinski definition) is 1. The normalized spacial score (nSPS) is 18.0. The minimum Gasteiger partial charge on any atom is -0.383 e. The van der Waals surface area contributed by atoms with Crippen LogP contribution in [0.4, 0.5) is 0 Å². The molecule has 1 aromatic carbocycles. The minimum absolute atomic E-state index is 0.0134. The Morgan fingerprint density at radius 3 is 2.56 bits per heavy atom. The van der Waals surface area contributed by atoms with Crippen molar-refractivity contribution < 1.29 is 17.9 Å². The number of nitrogens with one attached hydrogen (secondary N) is 1. The van der Waals surface area contributed by atoms with Gasteiger partial charge in [-0.25, -0.2) is 12.7 Å². The van der Waals surface area contributed by atoms with Gasteiger partial charge in [-0.1, -0.05) is 24.3 Å². The Morgan fingerprint density at radius 2 is 1.96 bits per heavy atom. The highest BCUT2D eigenvalue weighted by atomic mass is 32.2. The molecule has 1 saturated heterocycles. The maximum atomic E-state index is 12.7. The third kappa shape index (κ3) is 5.52. The van der Waals surface area contributed by atoms with Crippen molar-refractivity contribution in [1.29, 1.82) is 0 Å². The molecule has 2 rings (SSSR count). The number of carbonyl (C=O) groups is 1. The van der Waals surface area contributed by atoms with Gasteiger partial charge in [0.05, 0.1) is 12.4 Å². The molecule has 1 N–H and O–H groups in total. The molecule has 1 atom stereocenters. The van der Waals surface area contributed by atoms with E-state index in [9.17, 15) is 13.2 Å². The zero-order valence-corrected chi connectivity index (χ0v) is 16.0. The first-order valence-electron chi connectivity index (χ1n) is 8.65. The number of rotatable bonds is 7. The number of nitrogens with zero attached hydrogens (tertiary/aromatic N) is 1. The molecular formula is C18H28N2O4S. The predicted octanol–water partition coefficient (Wildman–Crippen LogP) is 1.69. The smallest absolute Gasteiger partial charge is 0.223 e. The van der Waals surface area contributed by atoms with Crippen molar-refractivity contribution in [3.8, 4) is 0 Å². The molecule has 7 heteroatoms. The van der Waals surface area contributed by atoms with E-state index in [0.29, 0.717) is 32.5 Å². The van der Waals surface area contributed by atoms with Crippen LogP contribution >= 0.6 is 0 Å². The molecule has 1 aromatic rings. The molecule has 25 heavy (non-hydrogen) atoms. The Balaban J connectivity index is 1.90. The van der Waals surface area contributed by atoms with E-state index in [4.69, 9.17) is 4.74 Å². The highest BCUT2D eigenvalue weighted by Crippen LogP contribution is 2.22. The SMILES string of the molecule is COCC(C)NC(=O)C1CCN(S(=O)(=O)Cc2ccccc2C)CC1. The highest BCUT2D eigenvalue weighted by Gasteiger charge is 2.31. The van der Waals surface area contributed by atoms with E-state index in [1.54, 1.807) is 7.11 Å². The summed E-state index contributed by atoms with van der Waals surface area (Å²) in [6.45, 7) is 5.07. The van der Waals surface area contributed by atoms with Gasteiger partial charge in [0.1, 0.15) is 0 Å². The number of sulfonamides is 1. The molecule has 0 aromatic heterocycles. The summed E-state index contributed by atoms with van der Waals surface area (Å²) in [5.74, 6) is -0.133. The third-order valence-corrected chi connectivity index (χ3v) is 6.45. The summed E-state index contributed by atoms with van der Waals surface area (Å²) in [5.41, 5.74) is 1.81. The summed E-state index contributed by atoms with van der Waals surface area (Å²) >= 11 is 0. The fraction of sp³-hybridized carbons (Fsp3) is 0.611. The Hall–Kier alpha value is -1.44. The molecule has 140 valence electrons. The zero-order valence-electron chi connectivity index (χ0n) is 15.2. The van der Waals surface area contributed by atoms with E-state index in [1.807, 2.05) is 38.1 Å². The zero-order chi connectivity index (χ0) is 18.4. The van der Waals surface area contributed by atoms with Crippen LogP contribution in [-0.4, -0.2) is 51.5 Å². The summed E-state index contributed by atoms with van der Waals surface area (Å²) in [7, 11) is -1.76. The van der Waals surface area contributed by atoms with Gasteiger partial charge >= 0.3 is 0 Å². The topological polar surface area (TPSA) is 75.7 Å². The van der Waals surface area contributed by atoms with Crippen molar-refractivity contribution in [2.45, 2.75) is 38.5 Å². The van der Waals surface area contributed by atoms with Crippen molar-refractivity contribution in [3.05, 3.63) is 35.4 Å². The van der Waals surface area contributed by atoms with Crippen LogP contribution in [0.3, 0.4) is 0 Å². The Kier molecular flexibility index (Phi) is 6.98. The Morgan fingerprint density at radius 1 is 1.32 bits per heavy atom. The predicted molar refractivity (Wildman–Crippen MR) is 97.6 cm³/mol. The number of aryl methyl sites for hydroxylation is 1. The first kappa shape index (κ1) is 19.9. The maximum Gasteiger partial charge on any atom is 0.223 e. The average molecular weight is 368 g/mol. The van der Waals surface area contributed by atoms with Crippen molar-refractivity contribution >= 4 is 15.9 Å². The van der Waals surface area contributed by atoms with Gasteiger partial charge in [-0.05, 0) is 37.8 Å². The molecule has 6 nitrogen and oxygen atoms in total. The van der Waals surface area contributed by atoms with Crippen LogP contribution in [0.2, 0.25) is 0 Å². The number of methoxy groups -OCH3 is 1. The van der Waals surface area contributed by atoms with Gasteiger partial charge in [-0.3, -0.25) is 4.79 Å². The lowest BCUT2D eigenvalue weighted by Gasteiger charge is -2.31. The van der Waals surface area contributed by atoms with Gasteiger partial charge in [-0.15, -0.1) is 0 Å². The van der Waals surface area contributed by atoms with Gasteiger partial charge in [0.2, 0.25) is 15.9 Å². The van der Waals surface area contributed by atoms with Gasteiger partial charge in [0.15, 0.2) is 0 Å². The molecule has 1 heterocycles. The van der Waals surface area contributed by atoms with Gasteiger partial charge in [-0.2, -0.15) is 0 Å². The molecule has 0 saturated carbocycles. The first-order valence-corrected chi connectivity index (χ1v) is 10.3. The fourth-order valence-corrected chi connectivity index (χ4v) is 4.78. The standard InChI is InChI=1S/C18H28N2O4S/c1-14-6-4-5-7-17(14)13-25(22,23)20-10-8-16(9-11-20)18(21)19-15(2)12-24-3/h4-7,15-16H,8-13H2,1-3H3,(H,19,21). The lowest BCUT2D eigenvalue weighted by atomic mass is 9.97. The molecule has 0 spiro atoms. The second kappa shape index (κ2) is 8.78. The molecule has 1 unspecified atom stereocenters. The van der Waals surface area contributed by atoms with Crippen molar-refractivity contribution in [1.82, 2.24) is 9.62 Å². The van der Waals surface area contributed by atoms with Crippen LogP contribution < -0.4 is 5.32 Å². The number of benzene rings is 1. The van der Waals surface area contributed by atoms with E-state index in [1.165, 1.54) is 4.31 Å². The lowest BCUT2D eigenvalue weighted by molar-refractivity contribution is -0.127. The number of ether oxygens (including phenoxy) is 1. The summed E-state index contributed by atoms with van der Waals surface area (Å²) < 4.78 is 31.8. The Bertz CT molecular complexity index is 682. The van der Waals surface area contributed by atoms with Gasteiger partial charge in [0, 0.05) is 32.2 Å². The van der Waals surface area contributed by atoms with Crippen LogP contribution in [0.1, 0.15) is 30.9 Å². The van der Waals surface area contributed by atoms with Crippen molar-refractivity contribution in [3.63, 3.8) is 0 Å². The molecule has 0 aliphatic carbocycles. The molecular weight excluding hydrogens is 340 g/mol. The average Bonchev–Trinajstić information content (AvgIpc) is 2.57. The minimum atomic E-state index is -3.36. The summed E-state index contributed by atoms with van der Waals surface area (Å²) in [6, 6.07) is 7.49. The number of hydrogen-bond acceptors (Lipinski definition) is 4. The quantitative estimate of drug-likeness (QED) is 0.795. The molecule has 1 fully saturated rings. The molecule has 1 amide bonds. The van der Waals surface area contributed by atoms with Crippen LogP contribution in [0.15, 0.2) is 24.3 Å². The van der Waals surface area contributed by atoms with Crippen LogP contribution in [-0.2, 0) is 25.3 Å². The second-order valence-corrected chi connectivity index (χ2v) is 8.69. The number of carbonyl (C=O) groups excluding carboxylic acids is 1. The van der Waals surface area contributed by atoms with E-state index < -0.39 is 10.0 Å². The first-order chi connectivity index (χ1) is 11.8. The number of piperidine rings is 1. The van der Waals surface area contributed by atoms with Crippen molar-refractivity contribution in [2.75, 3.05) is 26.8 Å². The fourth-order valence-electron chi connectivity index (χ4n) is 3.11. The molecule has 1 aliphatic heterocycles. The highest BCUT2D eigenvalue weighted by molar-refractivity contribution is 7.88. The summed E-state index contributed by atoms with van der Waals surface area (Å²) in [4.78, 5) is 12.2.